The van der Waals surface area contributed by atoms with Gasteiger partial charge in [-0.3, -0.25) is 14.6 Å². The Morgan fingerprint density at radius 2 is 2.04 bits per heavy atom. The van der Waals surface area contributed by atoms with Gasteiger partial charge in [0.2, 0.25) is 0 Å². The number of carboxylic acid groups (broad SMARTS) is 1. The summed E-state index contributed by atoms with van der Waals surface area (Å²) in [5, 5.41) is 11.6. The number of likely N-dealkylation sites (N-methyl/N-ethyl adjacent to an activating group) is 1. The largest absolute Gasteiger partial charge is 0.480 e. The summed E-state index contributed by atoms with van der Waals surface area (Å²) in [5.74, 6) is -0.845. The molecule has 0 radical (unpaired) electrons. The lowest BCUT2D eigenvalue weighted by atomic mass is 10.0. The van der Waals surface area contributed by atoms with Gasteiger partial charge in [-0.1, -0.05) is 6.92 Å². The fraction of sp³-hybridized carbons (Fsp3) is 0.667. The van der Waals surface area contributed by atoms with E-state index < -0.39 is 17.7 Å². The smallest absolute Gasteiger partial charge is 0.417 e. The molecule has 1 aromatic rings. The van der Waals surface area contributed by atoms with E-state index in [-0.39, 0.29) is 12.6 Å². The van der Waals surface area contributed by atoms with Crippen LogP contribution in [0, 0.1) is 0 Å². The summed E-state index contributed by atoms with van der Waals surface area (Å²) in [7, 11) is 0. The first-order chi connectivity index (χ1) is 10.8. The van der Waals surface area contributed by atoms with Crippen LogP contribution in [0.3, 0.4) is 0 Å². The quantitative estimate of drug-likeness (QED) is 0.856. The van der Waals surface area contributed by atoms with Crippen molar-refractivity contribution >= 4 is 17.3 Å². The molecule has 0 aliphatic carbocycles. The van der Waals surface area contributed by atoms with Crippen molar-refractivity contribution in [2.75, 3.05) is 26.2 Å². The number of likely N-dealkylation sites (tertiary alicyclic amines) is 1. The van der Waals surface area contributed by atoms with Crippen LogP contribution in [-0.4, -0.2) is 53.1 Å². The van der Waals surface area contributed by atoms with Gasteiger partial charge in [-0.15, -0.1) is 0 Å². The third-order valence-corrected chi connectivity index (χ3v) is 5.05. The van der Waals surface area contributed by atoms with Crippen molar-refractivity contribution in [3.63, 3.8) is 0 Å². The number of piperidine rings is 1. The molecule has 4 nitrogen and oxygen atoms in total. The van der Waals surface area contributed by atoms with E-state index in [2.05, 4.69) is 0 Å². The minimum absolute atomic E-state index is 0.0178. The predicted molar refractivity (Wildman–Crippen MR) is 82.5 cm³/mol. The standard InChI is InChI=1S/C15H21F3N2O2S/c1-2-20(8-14(21)22)12-3-5-19(6-4-12)7-11-9-23-10-13(11)15(16,17)18/h9-10,12H,2-8H2,1H3,(H,21,22). The third-order valence-electron chi connectivity index (χ3n) is 4.26. The van der Waals surface area contributed by atoms with E-state index in [0.29, 0.717) is 31.7 Å². The van der Waals surface area contributed by atoms with Crippen molar-refractivity contribution in [1.29, 1.82) is 0 Å². The van der Waals surface area contributed by atoms with Crippen molar-refractivity contribution in [1.82, 2.24) is 9.80 Å². The molecule has 0 unspecified atom stereocenters. The normalized spacial score (nSPS) is 17.8. The maximum Gasteiger partial charge on any atom is 0.417 e. The fourth-order valence-electron chi connectivity index (χ4n) is 3.05. The first kappa shape index (κ1) is 18.2. The molecule has 1 aliphatic rings. The minimum Gasteiger partial charge on any atom is -0.480 e. The molecule has 8 heteroatoms. The molecule has 1 aliphatic heterocycles. The zero-order valence-corrected chi connectivity index (χ0v) is 13.8. The van der Waals surface area contributed by atoms with Crippen LogP contribution in [-0.2, 0) is 17.5 Å². The van der Waals surface area contributed by atoms with Gasteiger partial charge in [-0.25, -0.2) is 0 Å². The highest BCUT2D eigenvalue weighted by Crippen LogP contribution is 2.35. The van der Waals surface area contributed by atoms with E-state index in [0.717, 1.165) is 29.6 Å². The van der Waals surface area contributed by atoms with Gasteiger partial charge in [0.25, 0.3) is 0 Å². The SMILES string of the molecule is CCN(CC(=O)O)C1CCN(Cc2cscc2C(F)(F)F)CC1. The summed E-state index contributed by atoms with van der Waals surface area (Å²) in [6, 6.07) is 0.192. The molecule has 1 fully saturated rings. The second-order valence-electron chi connectivity index (χ2n) is 5.77. The van der Waals surface area contributed by atoms with Crippen molar-refractivity contribution in [3.8, 4) is 0 Å². The lowest BCUT2D eigenvalue weighted by Crippen LogP contribution is -2.46. The predicted octanol–water partition coefficient (Wildman–Crippen LogP) is 3.14. The monoisotopic (exact) mass is 350 g/mol. The van der Waals surface area contributed by atoms with E-state index in [1.54, 1.807) is 5.38 Å². The maximum atomic E-state index is 12.9. The number of carboxylic acids is 1. The average molecular weight is 350 g/mol. The van der Waals surface area contributed by atoms with Crippen molar-refractivity contribution < 1.29 is 23.1 Å². The molecule has 0 spiro atoms. The Kier molecular flexibility index (Phi) is 6.05. The zero-order valence-electron chi connectivity index (χ0n) is 13.0. The topological polar surface area (TPSA) is 43.8 Å². The molecule has 1 N–H and O–H groups in total. The summed E-state index contributed by atoms with van der Waals surface area (Å²) in [6.07, 6.45) is -2.73. The first-order valence-electron chi connectivity index (χ1n) is 7.61. The van der Waals surface area contributed by atoms with E-state index in [1.165, 1.54) is 0 Å². The lowest BCUT2D eigenvalue weighted by molar-refractivity contribution is -0.139. The van der Waals surface area contributed by atoms with Crippen LogP contribution in [0.2, 0.25) is 0 Å². The average Bonchev–Trinajstić information content (AvgIpc) is 2.94. The van der Waals surface area contributed by atoms with Crippen LogP contribution < -0.4 is 0 Å². The summed E-state index contributed by atoms with van der Waals surface area (Å²) >= 11 is 1.08. The first-order valence-corrected chi connectivity index (χ1v) is 8.56. The molecule has 23 heavy (non-hydrogen) atoms. The van der Waals surface area contributed by atoms with Gasteiger partial charge in [-0.05, 0) is 43.4 Å². The molecule has 0 bridgehead atoms. The molecule has 0 amide bonds. The second kappa shape index (κ2) is 7.63. The van der Waals surface area contributed by atoms with Crippen LogP contribution in [0.25, 0.3) is 0 Å². The van der Waals surface area contributed by atoms with Crippen LogP contribution in [0.5, 0.6) is 0 Å². The van der Waals surface area contributed by atoms with E-state index >= 15 is 0 Å². The van der Waals surface area contributed by atoms with E-state index in [9.17, 15) is 18.0 Å². The van der Waals surface area contributed by atoms with Crippen LogP contribution in [0.15, 0.2) is 10.8 Å². The zero-order chi connectivity index (χ0) is 17.0. The van der Waals surface area contributed by atoms with Gasteiger partial charge in [-0.2, -0.15) is 24.5 Å². The second-order valence-corrected chi connectivity index (χ2v) is 6.52. The maximum absolute atomic E-state index is 12.9. The highest BCUT2D eigenvalue weighted by molar-refractivity contribution is 7.08. The van der Waals surface area contributed by atoms with E-state index in [1.807, 2.05) is 16.7 Å². The van der Waals surface area contributed by atoms with E-state index in [4.69, 9.17) is 5.11 Å². The third kappa shape index (κ3) is 4.92. The fourth-order valence-corrected chi connectivity index (χ4v) is 3.91. The Balaban J connectivity index is 1.90. The number of thiophene rings is 1. The molecule has 1 saturated heterocycles. The highest BCUT2D eigenvalue weighted by atomic mass is 32.1. The van der Waals surface area contributed by atoms with Gasteiger partial charge in [0.15, 0.2) is 0 Å². The molecule has 0 atom stereocenters. The number of hydrogen-bond donors (Lipinski definition) is 1. The molecule has 1 aromatic heterocycles. The molecule has 0 saturated carbocycles. The summed E-state index contributed by atoms with van der Waals surface area (Å²) in [5.41, 5.74) is -0.204. The number of carbonyl (C=O) groups is 1. The number of halogens is 3. The summed E-state index contributed by atoms with van der Waals surface area (Å²) < 4.78 is 38.7. The van der Waals surface area contributed by atoms with Gasteiger partial charge in [0.05, 0.1) is 12.1 Å². The van der Waals surface area contributed by atoms with Crippen LogP contribution in [0.4, 0.5) is 13.2 Å². The molecule has 2 rings (SSSR count). The number of hydrogen-bond acceptors (Lipinski definition) is 4. The molecule has 130 valence electrons. The Morgan fingerprint density at radius 3 is 2.57 bits per heavy atom. The minimum atomic E-state index is -4.30. The van der Waals surface area contributed by atoms with Gasteiger partial charge >= 0.3 is 12.1 Å². The number of aliphatic carboxylic acids is 1. The Morgan fingerprint density at radius 1 is 1.39 bits per heavy atom. The Hall–Kier alpha value is -1.12. The Labute approximate surface area is 137 Å². The summed E-state index contributed by atoms with van der Waals surface area (Å²) in [6.45, 7) is 4.29. The molecular weight excluding hydrogens is 329 g/mol. The number of alkyl halides is 3. The molecule has 0 aromatic carbocycles. The van der Waals surface area contributed by atoms with Gasteiger partial charge < -0.3 is 5.11 Å². The van der Waals surface area contributed by atoms with Crippen molar-refractivity contribution in [2.24, 2.45) is 0 Å². The number of rotatable bonds is 6. The summed E-state index contributed by atoms with van der Waals surface area (Å²) in [4.78, 5) is 14.8. The highest BCUT2D eigenvalue weighted by Gasteiger charge is 2.34. The van der Waals surface area contributed by atoms with Gasteiger partial charge in [0.1, 0.15) is 0 Å². The van der Waals surface area contributed by atoms with Crippen LogP contribution >= 0.6 is 11.3 Å². The Bertz CT molecular complexity index is 525. The van der Waals surface area contributed by atoms with Gasteiger partial charge in [0, 0.05) is 18.0 Å². The van der Waals surface area contributed by atoms with Crippen LogP contribution in [0.1, 0.15) is 30.9 Å². The van der Waals surface area contributed by atoms with Crippen molar-refractivity contribution in [2.45, 2.75) is 38.5 Å². The van der Waals surface area contributed by atoms with Crippen molar-refractivity contribution in [3.05, 3.63) is 21.9 Å². The molecular formula is C15H21F3N2O2S. The lowest BCUT2D eigenvalue weighted by Gasteiger charge is -2.37. The number of nitrogens with zero attached hydrogens (tertiary/aromatic N) is 2. The molecule has 2 heterocycles.